The number of hydrogen-bond acceptors (Lipinski definition) is 6. The maximum absolute atomic E-state index is 13.5. The zero-order valence-corrected chi connectivity index (χ0v) is 18.2. The SMILES string of the molecule is Cc1ccc(Cn2nc3c(c2Nc2ccccc2)C(=O)N(C)C2=N[C@@H]4CCC[C@@H]4N23)cn1. The first-order chi connectivity index (χ1) is 15.6. The third-order valence-electron chi connectivity index (χ3n) is 6.59. The number of carbonyl (C=O) groups excluding carboxylic acids is 1. The number of amides is 1. The van der Waals surface area contributed by atoms with Crippen molar-refractivity contribution in [3.05, 3.63) is 65.5 Å². The van der Waals surface area contributed by atoms with Crippen LogP contribution in [-0.2, 0) is 6.54 Å². The van der Waals surface area contributed by atoms with Crippen molar-refractivity contribution in [1.82, 2.24) is 19.7 Å². The summed E-state index contributed by atoms with van der Waals surface area (Å²) in [6.07, 6.45) is 5.15. The Labute approximate surface area is 186 Å². The number of guanidine groups is 1. The van der Waals surface area contributed by atoms with Gasteiger partial charge in [0, 0.05) is 24.6 Å². The number of rotatable bonds is 4. The molecule has 1 amide bonds. The Bertz CT molecular complexity index is 1220. The van der Waals surface area contributed by atoms with E-state index in [2.05, 4.69) is 21.3 Å². The van der Waals surface area contributed by atoms with Gasteiger partial charge < -0.3 is 5.32 Å². The van der Waals surface area contributed by atoms with Gasteiger partial charge in [-0.15, -0.1) is 0 Å². The van der Waals surface area contributed by atoms with Gasteiger partial charge in [-0.2, -0.15) is 5.10 Å². The van der Waals surface area contributed by atoms with Crippen LogP contribution in [0.4, 0.5) is 17.3 Å². The molecule has 1 aromatic carbocycles. The van der Waals surface area contributed by atoms with E-state index in [0.717, 1.165) is 42.2 Å². The Morgan fingerprint density at radius 3 is 2.75 bits per heavy atom. The molecular formula is C24H25N7O. The van der Waals surface area contributed by atoms with E-state index >= 15 is 0 Å². The van der Waals surface area contributed by atoms with Crippen molar-refractivity contribution in [3.8, 4) is 0 Å². The van der Waals surface area contributed by atoms with E-state index < -0.39 is 0 Å². The molecule has 3 aromatic rings. The predicted octanol–water partition coefficient (Wildman–Crippen LogP) is 3.56. The number of anilines is 3. The lowest BCUT2D eigenvalue weighted by atomic mass is 10.1. The number of aliphatic imine (C=N–C) groups is 1. The predicted molar refractivity (Wildman–Crippen MR) is 123 cm³/mol. The molecule has 0 radical (unpaired) electrons. The van der Waals surface area contributed by atoms with Crippen LogP contribution in [0.25, 0.3) is 0 Å². The van der Waals surface area contributed by atoms with Gasteiger partial charge in [0.25, 0.3) is 5.91 Å². The van der Waals surface area contributed by atoms with Crippen LogP contribution in [0.1, 0.15) is 40.9 Å². The van der Waals surface area contributed by atoms with Gasteiger partial charge in [0.2, 0.25) is 5.96 Å². The molecule has 1 aliphatic carbocycles. The fourth-order valence-corrected chi connectivity index (χ4v) is 4.97. The van der Waals surface area contributed by atoms with Gasteiger partial charge in [0.1, 0.15) is 11.4 Å². The quantitative estimate of drug-likeness (QED) is 0.689. The topological polar surface area (TPSA) is 78.7 Å². The molecule has 0 spiro atoms. The largest absolute Gasteiger partial charge is 0.340 e. The molecule has 2 aromatic heterocycles. The highest BCUT2D eigenvalue weighted by molar-refractivity contribution is 6.21. The monoisotopic (exact) mass is 427 g/mol. The van der Waals surface area contributed by atoms with Crippen molar-refractivity contribution in [2.24, 2.45) is 4.99 Å². The summed E-state index contributed by atoms with van der Waals surface area (Å²) in [6.45, 7) is 2.49. The Morgan fingerprint density at radius 2 is 1.97 bits per heavy atom. The molecule has 8 heteroatoms. The first-order valence-electron chi connectivity index (χ1n) is 11.1. The first-order valence-corrected chi connectivity index (χ1v) is 11.1. The highest BCUT2D eigenvalue weighted by Gasteiger charge is 2.49. The van der Waals surface area contributed by atoms with Crippen LogP contribution in [0.2, 0.25) is 0 Å². The molecule has 0 saturated heterocycles. The maximum Gasteiger partial charge on any atom is 0.267 e. The molecule has 1 fully saturated rings. The van der Waals surface area contributed by atoms with Crippen LogP contribution in [0.15, 0.2) is 53.7 Å². The molecule has 2 aliphatic heterocycles. The summed E-state index contributed by atoms with van der Waals surface area (Å²) >= 11 is 0. The number of nitrogens with zero attached hydrogens (tertiary/aromatic N) is 6. The molecule has 4 heterocycles. The minimum absolute atomic E-state index is 0.0818. The third kappa shape index (κ3) is 2.90. The summed E-state index contributed by atoms with van der Waals surface area (Å²) in [5.41, 5.74) is 3.51. The smallest absolute Gasteiger partial charge is 0.267 e. The summed E-state index contributed by atoms with van der Waals surface area (Å²) in [7, 11) is 1.81. The fraction of sp³-hybridized carbons (Fsp3) is 0.333. The number of benzene rings is 1. The number of para-hydroxylation sites is 1. The number of aryl methyl sites for hydroxylation is 1. The van der Waals surface area contributed by atoms with Crippen molar-refractivity contribution in [1.29, 1.82) is 0 Å². The highest BCUT2D eigenvalue weighted by atomic mass is 16.2. The molecule has 8 nitrogen and oxygen atoms in total. The number of hydrogen-bond donors (Lipinski definition) is 1. The van der Waals surface area contributed by atoms with Gasteiger partial charge in [0.05, 0.1) is 18.6 Å². The Balaban J connectivity index is 1.49. The van der Waals surface area contributed by atoms with Gasteiger partial charge in [-0.1, -0.05) is 24.3 Å². The summed E-state index contributed by atoms with van der Waals surface area (Å²) in [5, 5.41) is 8.45. The molecule has 162 valence electrons. The van der Waals surface area contributed by atoms with Gasteiger partial charge >= 0.3 is 0 Å². The van der Waals surface area contributed by atoms with E-state index in [9.17, 15) is 4.79 Å². The summed E-state index contributed by atoms with van der Waals surface area (Å²) in [4.78, 5) is 26.7. The van der Waals surface area contributed by atoms with Crippen LogP contribution in [0.5, 0.6) is 0 Å². The minimum atomic E-state index is -0.0818. The van der Waals surface area contributed by atoms with Crippen molar-refractivity contribution < 1.29 is 4.79 Å². The average Bonchev–Trinajstić information content (AvgIpc) is 3.48. The van der Waals surface area contributed by atoms with Crippen LogP contribution >= 0.6 is 0 Å². The molecule has 0 unspecified atom stereocenters. The molecule has 1 N–H and O–H groups in total. The van der Waals surface area contributed by atoms with Gasteiger partial charge in [-0.05, 0) is 49.9 Å². The normalized spacial score (nSPS) is 21.3. The van der Waals surface area contributed by atoms with Gasteiger partial charge in [-0.25, -0.2) is 9.67 Å². The molecule has 1 saturated carbocycles. The van der Waals surface area contributed by atoms with Gasteiger partial charge in [0.15, 0.2) is 5.82 Å². The number of fused-ring (bicyclic) bond motifs is 5. The number of nitrogens with one attached hydrogen (secondary N) is 1. The van der Waals surface area contributed by atoms with Crippen LogP contribution in [0.3, 0.4) is 0 Å². The van der Waals surface area contributed by atoms with Crippen molar-refractivity contribution in [2.45, 2.75) is 44.8 Å². The highest BCUT2D eigenvalue weighted by Crippen LogP contribution is 2.42. The van der Waals surface area contributed by atoms with E-state index in [1.165, 1.54) is 0 Å². The van der Waals surface area contributed by atoms with E-state index in [1.54, 1.807) is 4.90 Å². The lowest BCUT2D eigenvalue weighted by molar-refractivity contribution is 0.0866. The van der Waals surface area contributed by atoms with E-state index in [4.69, 9.17) is 10.1 Å². The minimum Gasteiger partial charge on any atom is -0.340 e. The van der Waals surface area contributed by atoms with E-state index in [-0.39, 0.29) is 18.0 Å². The second kappa shape index (κ2) is 7.19. The van der Waals surface area contributed by atoms with Crippen LogP contribution in [-0.4, -0.2) is 50.7 Å². The first kappa shape index (κ1) is 19.0. The van der Waals surface area contributed by atoms with Crippen LogP contribution in [0, 0.1) is 6.92 Å². The molecule has 0 bridgehead atoms. The standard InChI is InChI=1S/C24H25N7O/c1-15-11-12-16(13-25-15)14-30-21(26-17-7-4-3-5-8-17)20-22(28-30)31-19-10-6-9-18(19)27-24(31)29(2)23(20)32/h3-5,7-8,11-13,18-19,26H,6,9-10,14H2,1-2H3/t18-,19+/m1/s1. The maximum atomic E-state index is 13.5. The second-order valence-electron chi connectivity index (χ2n) is 8.73. The summed E-state index contributed by atoms with van der Waals surface area (Å²) < 4.78 is 1.89. The van der Waals surface area contributed by atoms with Gasteiger partial charge in [-0.3, -0.25) is 19.6 Å². The molecular weight excluding hydrogens is 402 g/mol. The molecule has 2 atom stereocenters. The zero-order valence-electron chi connectivity index (χ0n) is 18.2. The van der Waals surface area contributed by atoms with Crippen molar-refractivity contribution >= 4 is 29.2 Å². The van der Waals surface area contributed by atoms with E-state index in [0.29, 0.717) is 23.7 Å². The number of pyridine rings is 1. The Hall–Kier alpha value is -3.68. The van der Waals surface area contributed by atoms with E-state index in [1.807, 2.05) is 61.2 Å². The van der Waals surface area contributed by atoms with Crippen LogP contribution < -0.4 is 10.2 Å². The average molecular weight is 428 g/mol. The molecule has 32 heavy (non-hydrogen) atoms. The van der Waals surface area contributed by atoms with Crippen molar-refractivity contribution in [2.75, 3.05) is 17.3 Å². The molecule has 6 rings (SSSR count). The van der Waals surface area contributed by atoms with Crippen molar-refractivity contribution in [3.63, 3.8) is 0 Å². The summed E-state index contributed by atoms with van der Waals surface area (Å²) in [6, 6.07) is 14.5. The lowest BCUT2D eigenvalue weighted by Gasteiger charge is -2.34. The lowest BCUT2D eigenvalue weighted by Crippen LogP contribution is -2.51. The zero-order chi connectivity index (χ0) is 21.8. The Kier molecular flexibility index (Phi) is 4.28. The molecule has 3 aliphatic rings. The fourth-order valence-electron chi connectivity index (χ4n) is 4.97. The second-order valence-corrected chi connectivity index (χ2v) is 8.73. The number of carbonyl (C=O) groups is 1. The third-order valence-corrected chi connectivity index (χ3v) is 6.59. The summed E-state index contributed by atoms with van der Waals surface area (Å²) in [5.74, 6) is 2.05. The number of aromatic nitrogens is 3. The Morgan fingerprint density at radius 1 is 1.12 bits per heavy atom.